The smallest absolute Gasteiger partial charge is 0.162 e. The number of aromatic nitrogens is 2. The zero-order valence-electron chi connectivity index (χ0n) is 15.4. The number of aromatic amines is 2. The predicted octanol–water partition coefficient (Wildman–Crippen LogP) is 6.07. The number of hydrogen-bond donors (Lipinski definition) is 2. The van der Waals surface area contributed by atoms with E-state index in [1.54, 1.807) is 12.1 Å². The summed E-state index contributed by atoms with van der Waals surface area (Å²) in [5, 5.41) is 8.58. The second-order valence-corrected chi connectivity index (χ2v) is 6.40. The van der Waals surface area contributed by atoms with E-state index >= 15 is 0 Å². The summed E-state index contributed by atoms with van der Waals surface area (Å²) < 4.78 is 0. The van der Waals surface area contributed by atoms with Crippen LogP contribution in [0.5, 0.6) is 0 Å². The quantitative estimate of drug-likeness (QED) is 0.395. The van der Waals surface area contributed by atoms with Crippen molar-refractivity contribution < 1.29 is 4.79 Å². The highest BCUT2D eigenvalue weighted by Crippen LogP contribution is 2.38. The molecular weight excluding hydrogens is 324 g/mol. The van der Waals surface area contributed by atoms with Crippen LogP contribution in [-0.2, 0) is 5.41 Å². The number of carbonyl (C=O) groups is 1. The first kappa shape index (κ1) is 17.9. The Bertz CT molecular complexity index is 902. The molecule has 0 spiro atoms. The molecule has 0 aliphatic rings. The second kappa shape index (κ2) is 7.52. The van der Waals surface area contributed by atoms with Crippen LogP contribution < -0.4 is 0 Å². The van der Waals surface area contributed by atoms with Crippen molar-refractivity contribution in [3.8, 4) is 0 Å². The van der Waals surface area contributed by atoms with E-state index in [1.165, 1.54) is 12.6 Å². The Hall–Kier alpha value is -2.95. The van der Waals surface area contributed by atoms with E-state index in [9.17, 15) is 4.79 Å². The first-order chi connectivity index (χ1) is 12.6. The van der Waals surface area contributed by atoms with Gasteiger partial charge in [0.15, 0.2) is 11.6 Å². The van der Waals surface area contributed by atoms with Gasteiger partial charge in [-0.3, -0.25) is 4.79 Å². The van der Waals surface area contributed by atoms with Crippen molar-refractivity contribution in [2.45, 2.75) is 39.0 Å². The van der Waals surface area contributed by atoms with Crippen LogP contribution in [0.4, 0.5) is 11.5 Å². The van der Waals surface area contributed by atoms with E-state index in [4.69, 9.17) is 0 Å². The molecule has 0 aliphatic carbocycles. The minimum absolute atomic E-state index is 0.0190. The monoisotopic (exact) mass is 348 g/mol. The van der Waals surface area contributed by atoms with Crippen molar-refractivity contribution in [1.82, 2.24) is 9.97 Å². The summed E-state index contributed by atoms with van der Waals surface area (Å²) >= 11 is 0. The lowest BCUT2D eigenvalue weighted by Crippen LogP contribution is -2.26. The SMILES string of the molecule is CCC(CC)(c1ccc[nH]1)c1ccc(N=Nc2ccccc2C(C)=O)[nH]1. The van der Waals surface area contributed by atoms with Gasteiger partial charge in [-0.1, -0.05) is 26.0 Å². The molecule has 3 aromatic rings. The van der Waals surface area contributed by atoms with E-state index in [0.717, 1.165) is 18.5 Å². The lowest BCUT2D eigenvalue weighted by Gasteiger charge is -2.30. The molecule has 0 saturated carbocycles. The maximum atomic E-state index is 11.7. The first-order valence-electron chi connectivity index (χ1n) is 8.95. The van der Waals surface area contributed by atoms with Crippen molar-refractivity contribution in [3.63, 3.8) is 0 Å². The number of benzene rings is 1. The third-order valence-corrected chi connectivity index (χ3v) is 5.06. The lowest BCUT2D eigenvalue weighted by atomic mass is 9.76. The number of rotatable bonds is 7. The van der Waals surface area contributed by atoms with Gasteiger partial charge < -0.3 is 9.97 Å². The normalized spacial score (nSPS) is 12.0. The van der Waals surface area contributed by atoms with Gasteiger partial charge in [0.25, 0.3) is 0 Å². The molecule has 0 radical (unpaired) electrons. The minimum Gasteiger partial charge on any atom is -0.364 e. The van der Waals surface area contributed by atoms with Crippen molar-refractivity contribution >= 4 is 17.3 Å². The largest absolute Gasteiger partial charge is 0.364 e. The van der Waals surface area contributed by atoms with Gasteiger partial charge in [0, 0.05) is 28.6 Å². The van der Waals surface area contributed by atoms with E-state index in [-0.39, 0.29) is 11.2 Å². The maximum Gasteiger partial charge on any atom is 0.162 e. The number of hydrogen-bond acceptors (Lipinski definition) is 3. The number of carbonyl (C=O) groups excluding carboxylic acids is 1. The van der Waals surface area contributed by atoms with E-state index < -0.39 is 0 Å². The predicted molar refractivity (Wildman–Crippen MR) is 104 cm³/mol. The lowest BCUT2D eigenvalue weighted by molar-refractivity contribution is 0.101. The summed E-state index contributed by atoms with van der Waals surface area (Å²) in [6, 6.07) is 15.4. The fourth-order valence-corrected chi connectivity index (χ4v) is 3.47. The molecule has 0 aliphatic heterocycles. The third-order valence-electron chi connectivity index (χ3n) is 5.06. The Morgan fingerprint density at radius 1 is 0.962 bits per heavy atom. The molecule has 2 aromatic heterocycles. The molecule has 2 heterocycles. The molecule has 0 amide bonds. The van der Waals surface area contributed by atoms with E-state index in [0.29, 0.717) is 17.1 Å². The highest BCUT2D eigenvalue weighted by Gasteiger charge is 2.32. The topological polar surface area (TPSA) is 73.4 Å². The molecule has 5 heteroatoms. The average molecular weight is 348 g/mol. The van der Waals surface area contributed by atoms with E-state index in [2.05, 4.69) is 46.2 Å². The summed E-state index contributed by atoms with van der Waals surface area (Å²) in [5.74, 6) is 0.658. The highest BCUT2D eigenvalue weighted by molar-refractivity contribution is 5.98. The molecule has 0 fully saturated rings. The first-order valence-corrected chi connectivity index (χ1v) is 8.95. The number of ketones is 1. The van der Waals surface area contributed by atoms with Gasteiger partial charge >= 0.3 is 0 Å². The molecule has 1 aromatic carbocycles. The van der Waals surface area contributed by atoms with Gasteiger partial charge in [-0.2, -0.15) is 0 Å². The second-order valence-electron chi connectivity index (χ2n) is 6.40. The van der Waals surface area contributed by atoms with Crippen LogP contribution in [0.25, 0.3) is 0 Å². The van der Waals surface area contributed by atoms with Crippen molar-refractivity contribution in [2.75, 3.05) is 0 Å². The summed E-state index contributed by atoms with van der Waals surface area (Å²) in [7, 11) is 0. The van der Waals surface area contributed by atoms with Crippen LogP contribution >= 0.6 is 0 Å². The van der Waals surface area contributed by atoms with Gasteiger partial charge in [-0.05, 0) is 56.2 Å². The van der Waals surface area contributed by atoms with Gasteiger partial charge in [0.05, 0.1) is 5.69 Å². The number of nitrogens with one attached hydrogen (secondary N) is 2. The molecule has 0 saturated heterocycles. The molecule has 0 atom stereocenters. The molecule has 0 unspecified atom stereocenters. The standard InChI is InChI=1S/C21H24N4O/c1-4-21(5-2,18-11-8-14-22-18)19-12-13-20(23-19)25-24-17-10-7-6-9-16(17)15(3)26/h6-14,22-23H,4-5H2,1-3H3. The van der Waals surface area contributed by atoms with Gasteiger partial charge in [-0.15, -0.1) is 10.2 Å². The van der Waals surface area contributed by atoms with Crippen LogP contribution in [0.2, 0.25) is 0 Å². The fourth-order valence-electron chi connectivity index (χ4n) is 3.47. The Morgan fingerprint density at radius 2 is 1.73 bits per heavy atom. The van der Waals surface area contributed by atoms with Crippen LogP contribution in [0, 0.1) is 0 Å². The number of Topliss-reactive ketones (excluding diaryl/α,β-unsaturated/α-hetero) is 1. The Morgan fingerprint density at radius 3 is 2.38 bits per heavy atom. The molecule has 5 nitrogen and oxygen atoms in total. The van der Waals surface area contributed by atoms with Crippen molar-refractivity contribution in [2.24, 2.45) is 10.2 Å². The summed E-state index contributed by atoms with van der Waals surface area (Å²) in [6.45, 7) is 5.92. The maximum absolute atomic E-state index is 11.7. The van der Waals surface area contributed by atoms with E-state index in [1.807, 2.05) is 30.5 Å². The summed E-state index contributed by atoms with van der Waals surface area (Å²) in [6.07, 6.45) is 3.89. The Kier molecular flexibility index (Phi) is 5.16. The van der Waals surface area contributed by atoms with Crippen LogP contribution in [0.3, 0.4) is 0 Å². The van der Waals surface area contributed by atoms with Crippen LogP contribution in [-0.4, -0.2) is 15.8 Å². The molecule has 3 rings (SSSR count). The molecule has 0 bridgehead atoms. The number of azo groups is 1. The summed E-state index contributed by atoms with van der Waals surface area (Å²) in [4.78, 5) is 18.5. The van der Waals surface area contributed by atoms with Gasteiger partial charge in [-0.25, -0.2) is 0 Å². The average Bonchev–Trinajstić information content (AvgIpc) is 3.35. The van der Waals surface area contributed by atoms with Crippen LogP contribution in [0.1, 0.15) is 55.4 Å². The Balaban J connectivity index is 1.92. The summed E-state index contributed by atoms with van der Waals surface area (Å²) in [5.41, 5.74) is 3.35. The fraction of sp³-hybridized carbons (Fsp3) is 0.286. The third kappa shape index (κ3) is 3.25. The Labute approximate surface area is 153 Å². The zero-order valence-corrected chi connectivity index (χ0v) is 15.4. The molecule has 26 heavy (non-hydrogen) atoms. The van der Waals surface area contributed by atoms with Crippen molar-refractivity contribution in [1.29, 1.82) is 0 Å². The highest BCUT2D eigenvalue weighted by atomic mass is 16.1. The molecule has 134 valence electrons. The zero-order chi connectivity index (χ0) is 18.6. The van der Waals surface area contributed by atoms with Gasteiger partial charge in [0.1, 0.15) is 0 Å². The van der Waals surface area contributed by atoms with Crippen LogP contribution in [0.15, 0.2) is 65.0 Å². The molecule has 2 N–H and O–H groups in total. The number of H-pyrrole nitrogens is 2. The minimum atomic E-state index is -0.103. The van der Waals surface area contributed by atoms with Crippen molar-refractivity contribution in [3.05, 3.63) is 71.7 Å². The number of nitrogens with zero attached hydrogens (tertiary/aromatic N) is 2. The van der Waals surface area contributed by atoms with Gasteiger partial charge in [0.2, 0.25) is 0 Å². The molecular formula is C21H24N4O.